The first-order valence-electron chi connectivity index (χ1n) is 10.4. The fourth-order valence-corrected chi connectivity index (χ4v) is 4.31. The van der Waals surface area contributed by atoms with Gasteiger partial charge in [0.25, 0.3) is 5.91 Å². The Kier molecular flexibility index (Phi) is 4.78. The van der Waals surface area contributed by atoms with E-state index in [1.807, 2.05) is 31.4 Å². The Balaban J connectivity index is 1.57. The molecule has 5 rings (SSSR count). The van der Waals surface area contributed by atoms with Crippen molar-refractivity contribution in [3.63, 3.8) is 0 Å². The SMILES string of the molecule is Cn1cc(-c2cc(C(=O)/N=c3\[nH]c4ccccc4n3C3CCCCC3)ccn2)cn1. The Labute approximate surface area is 174 Å². The molecule has 0 spiro atoms. The molecular weight excluding hydrogens is 376 g/mol. The zero-order chi connectivity index (χ0) is 20.5. The van der Waals surface area contributed by atoms with Crippen LogP contribution in [0.2, 0.25) is 0 Å². The molecule has 3 heterocycles. The van der Waals surface area contributed by atoms with Crippen LogP contribution in [0.5, 0.6) is 0 Å². The minimum Gasteiger partial charge on any atom is -0.324 e. The molecular formula is C23H24N6O. The lowest BCUT2D eigenvalue weighted by Crippen LogP contribution is -2.26. The van der Waals surface area contributed by atoms with Gasteiger partial charge in [0.05, 0.1) is 22.9 Å². The molecule has 1 N–H and O–H groups in total. The number of H-pyrrole nitrogens is 1. The summed E-state index contributed by atoms with van der Waals surface area (Å²) < 4.78 is 3.93. The number of aryl methyl sites for hydroxylation is 1. The summed E-state index contributed by atoms with van der Waals surface area (Å²) in [6.07, 6.45) is 11.2. The van der Waals surface area contributed by atoms with Gasteiger partial charge in [0.15, 0.2) is 0 Å². The van der Waals surface area contributed by atoms with Crippen LogP contribution in [0.4, 0.5) is 0 Å². The van der Waals surface area contributed by atoms with Gasteiger partial charge in [-0.1, -0.05) is 31.4 Å². The number of carbonyl (C=O) groups is 1. The van der Waals surface area contributed by atoms with E-state index in [-0.39, 0.29) is 5.91 Å². The molecule has 152 valence electrons. The van der Waals surface area contributed by atoms with Crippen LogP contribution < -0.4 is 5.62 Å². The molecule has 3 aromatic heterocycles. The quantitative estimate of drug-likeness (QED) is 0.564. The van der Waals surface area contributed by atoms with Gasteiger partial charge < -0.3 is 9.55 Å². The first-order chi connectivity index (χ1) is 14.7. The van der Waals surface area contributed by atoms with E-state index in [0.717, 1.165) is 29.4 Å². The molecule has 4 aromatic rings. The maximum Gasteiger partial charge on any atom is 0.280 e. The van der Waals surface area contributed by atoms with Crippen molar-refractivity contribution >= 4 is 16.9 Å². The van der Waals surface area contributed by atoms with E-state index in [4.69, 9.17) is 0 Å². The standard InChI is InChI=1S/C23H24N6O/c1-28-15-17(14-25-28)20-13-16(11-12-24-20)22(30)27-23-26-19-9-5-6-10-21(19)29(23)18-7-3-2-4-8-18/h5-6,9-15,18H,2-4,7-8H2,1H3,(H,26,27,30). The van der Waals surface area contributed by atoms with Crippen LogP contribution in [0, 0.1) is 0 Å². The van der Waals surface area contributed by atoms with Crippen molar-refractivity contribution < 1.29 is 4.79 Å². The minimum absolute atomic E-state index is 0.279. The maximum atomic E-state index is 13.1. The summed E-state index contributed by atoms with van der Waals surface area (Å²) in [4.78, 5) is 25.3. The second-order valence-electron chi connectivity index (χ2n) is 7.88. The van der Waals surface area contributed by atoms with Crippen molar-refractivity contribution in [3.8, 4) is 11.3 Å². The highest BCUT2D eigenvalue weighted by Crippen LogP contribution is 2.29. The number of pyridine rings is 1. The van der Waals surface area contributed by atoms with Gasteiger partial charge in [-0.2, -0.15) is 10.1 Å². The monoisotopic (exact) mass is 400 g/mol. The van der Waals surface area contributed by atoms with E-state index in [1.54, 1.807) is 29.2 Å². The number of nitrogens with one attached hydrogen (secondary N) is 1. The molecule has 1 aliphatic rings. The number of fused-ring (bicyclic) bond motifs is 1. The number of amides is 1. The van der Waals surface area contributed by atoms with E-state index in [2.05, 4.69) is 30.7 Å². The van der Waals surface area contributed by atoms with Crippen LogP contribution in [0.15, 0.2) is 60.0 Å². The van der Waals surface area contributed by atoms with Crippen molar-refractivity contribution in [3.05, 3.63) is 66.2 Å². The first-order valence-corrected chi connectivity index (χ1v) is 10.4. The summed E-state index contributed by atoms with van der Waals surface area (Å²) in [6.45, 7) is 0. The lowest BCUT2D eigenvalue weighted by Gasteiger charge is -2.23. The summed E-state index contributed by atoms with van der Waals surface area (Å²) in [5, 5.41) is 4.18. The molecule has 1 amide bonds. The van der Waals surface area contributed by atoms with E-state index in [0.29, 0.717) is 22.9 Å². The number of carbonyl (C=O) groups excluding carboxylic acids is 1. The zero-order valence-electron chi connectivity index (χ0n) is 17.0. The number of hydrogen-bond donors (Lipinski definition) is 1. The molecule has 0 aliphatic heterocycles. The number of benzene rings is 1. The molecule has 1 aliphatic carbocycles. The molecule has 7 heteroatoms. The summed E-state index contributed by atoms with van der Waals surface area (Å²) in [6, 6.07) is 12.0. The predicted octanol–water partition coefficient (Wildman–Crippen LogP) is 4.01. The maximum absolute atomic E-state index is 13.1. The Morgan fingerprint density at radius 2 is 2.00 bits per heavy atom. The highest BCUT2D eigenvalue weighted by atomic mass is 16.1. The number of nitrogens with zero attached hydrogens (tertiary/aromatic N) is 5. The number of rotatable bonds is 3. The Bertz CT molecular complexity index is 1270. The molecule has 30 heavy (non-hydrogen) atoms. The van der Waals surface area contributed by atoms with Gasteiger partial charge >= 0.3 is 0 Å². The largest absolute Gasteiger partial charge is 0.324 e. The number of hydrogen-bond acceptors (Lipinski definition) is 3. The van der Waals surface area contributed by atoms with Gasteiger partial charge in [-0.25, -0.2) is 0 Å². The van der Waals surface area contributed by atoms with Crippen molar-refractivity contribution in [1.29, 1.82) is 0 Å². The smallest absolute Gasteiger partial charge is 0.280 e. The average molecular weight is 400 g/mol. The molecule has 0 bridgehead atoms. The molecule has 0 radical (unpaired) electrons. The normalized spacial score (nSPS) is 15.7. The average Bonchev–Trinajstić information content (AvgIpc) is 3.37. The molecule has 7 nitrogen and oxygen atoms in total. The number of imidazole rings is 1. The predicted molar refractivity (Wildman–Crippen MR) is 115 cm³/mol. The molecule has 1 saturated carbocycles. The third-order valence-electron chi connectivity index (χ3n) is 5.79. The zero-order valence-corrected chi connectivity index (χ0v) is 17.0. The fourth-order valence-electron chi connectivity index (χ4n) is 4.31. The Morgan fingerprint density at radius 1 is 1.17 bits per heavy atom. The second kappa shape index (κ2) is 7.74. The van der Waals surface area contributed by atoms with Crippen molar-refractivity contribution in [2.75, 3.05) is 0 Å². The van der Waals surface area contributed by atoms with Crippen LogP contribution in [-0.2, 0) is 7.05 Å². The fraction of sp³-hybridized carbons (Fsp3) is 0.304. The summed E-state index contributed by atoms with van der Waals surface area (Å²) in [7, 11) is 1.85. The van der Waals surface area contributed by atoms with Gasteiger partial charge in [-0.05, 0) is 37.1 Å². The third-order valence-corrected chi connectivity index (χ3v) is 5.79. The summed E-state index contributed by atoms with van der Waals surface area (Å²) >= 11 is 0. The molecule has 1 fully saturated rings. The van der Waals surface area contributed by atoms with Crippen LogP contribution in [0.25, 0.3) is 22.3 Å². The van der Waals surface area contributed by atoms with Crippen LogP contribution >= 0.6 is 0 Å². The summed E-state index contributed by atoms with van der Waals surface area (Å²) in [5.74, 6) is -0.279. The first kappa shape index (κ1) is 18.5. The summed E-state index contributed by atoms with van der Waals surface area (Å²) in [5.41, 5.74) is 4.81. The lowest BCUT2D eigenvalue weighted by molar-refractivity contribution is 0.0996. The van der Waals surface area contributed by atoms with Gasteiger partial charge in [0.1, 0.15) is 0 Å². The van der Waals surface area contributed by atoms with Crippen LogP contribution in [0.1, 0.15) is 48.5 Å². The highest BCUT2D eigenvalue weighted by Gasteiger charge is 2.19. The van der Waals surface area contributed by atoms with Gasteiger partial charge in [-0.15, -0.1) is 0 Å². The van der Waals surface area contributed by atoms with Gasteiger partial charge in [-0.3, -0.25) is 14.5 Å². The lowest BCUT2D eigenvalue weighted by atomic mass is 9.95. The molecule has 0 unspecified atom stereocenters. The third kappa shape index (κ3) is 3.47. The van der Waals surface area contributed by atoms with Crippen molar-refractivity contribution in [2.45, 2.75) is 38.1 Å². The highest BCUT2D eigenvalue weighted by molar-refractivity contribution is 5.95. The van der Waals surface area contributed by atoms with Crippen LogP contribution in [0.3, 0.4) is 0 Å². The number of aromatic nitrogens is 5. The van der Waals surface area contributed by atoms with Gasteiger partial charge in [0.2, 0.25) is 5.62 Å². The molecule has 1 aromatic carbocycles. The second-order valence-corrected chi connectivity index (χ2v) is 7.88. The van der Waals surface area contributed by atoms with Crippen molar-refractivity contribution in [1.82, 2.24) is 24.3 Å². The number of aromatic amines is 1. The van der Waals surface area contributed by atoms with E-state index in [1.165, 1.54) is 19.3 Å². The van der Waals surface area contributed by atoms with E-state index >= 15 is 0 Å². The molecule has 0 atom stereocenters. The molecule has 0 saturated heterocycles. The van der Waals surface area contributed by atoms with E-state index < -0.39 is 0 Å². The topological polar surface area (TPSA) is 80.9 Å². The van der Waals surface area contributed by atoms with Crippen molar-refractivity contribution in [2.24, 2.45) is 12.0 Å². The number of para-hydroxylation sites is 2. The minimum atomic E-state index is -0.279. The van der Waals surface area contributed by atoms with Crippen LogP contribution in [-0.4, -0.2) is 30.2 Å². The van der Waals surface area contributed by atoms with Gasteiger partial charge in [0, 0.05) is 36.6 Å². The Morgan fingerprint density at radius 3 is 2.80 bits per heavy atom. The Hall–Kier alpha value is -3.48. The van der Waals surface area contributed by atoms with E-state index in [9.17, 15) is 4.79 Å².